The van der Waals surface area contributed by atoms with Gasteiger partial charge in [0.2, 0.25) is 6.29 Å². The van der Waals surface area contributed by atoms with E-state index < -0.39 is 54.6 Å². The second-order valence-corrected chi connectivity index (χ2v) is 9.09. The fourth-order valence-electron chi connectivity index (χ4n) is 4.64. The molecule has 212 valence electrons. The number of amides is 1. The van der Waals surface area contributed by atoms with E-state index in [-0.39, 0.29) is 0 Å². The van der Waals surface area contributed by atoms with E-state index >= 15 is 0 Å². The molecule has 1 N–H and O–H groups in total. The van der Waals surface area contributed by atoms with Gasteiger partial charge in [-0.05, 0) is 49.2 Å². The van der Waals surface area contributed by atoms with Crippen LogP contribution in [0, 0.1) is 0 Å². The van der Waals surface area contributed by atoms with Crippen LogP contribution in [0.3, 0.4) is 0 Å². The Bertz CT molecular complexity index is 1140. The number of hydrogen-bond acceptors (Lipinski definition) is 8. The Hall–Kier alpha value is -3.19. The lowest BCUT2D eigenvalue weighted by molar-refractivity contribution is -0.292. The smallest absolute Gasteiger partial charge is 0.416 e. The zero-order valence-corrected chi connectivity index (χ0v) is 21.9. The minimum absolute atomic E-state index is 0.388. The van der Waals surface area contributed by atoms with Crippen molar-refractivity contribution in [3.05, 3.63) is 65.2 Å². The van der Waals surface area contributed by atoms with Crippen molar-refractivity contribution in [1.82, 2.24) is 0 Å². The molecule has 2 aromatic rings. The van der Waals surface area contributed by atoms with Crippen LogP contribution < -0.4 is 5.32 Å². The Morgan fingerprint density at radius 1 is 1.03 bits per heavy atom. The van der Waals surface area contributed by atoms with Crippen LogP contribution >= 0.6 is 0 Å². The molecular formula is C27H31F3N2O7. The predicted octanol–water partition coefficient (Wildman–Crippen LogP) is 5.30. The summed E-state index contributed by atoms with van der Waals surface area (Å²) >= 11 is 0. The van der Waals surface area contributed by atoms with Gasteiger partial charge in [-0.15, -0.1) is 0 Å². The van der Waals surface area contributed by atoms with Crippen LogP contribution in [0.4, 0.5) is 23.7 Å². The molecule has 1 saturated heterocycles. The molecule has 1 unspecified atom stereocenters. The molecule has 1 fully saturated rings. The number of benzene rings is 2. The van der Waals surface area contributed by atoms with Crippen molar-refractivity contribution < 1.29 is 46.5 Å². The van der Waals surface area contributed by atoms with E-state index in [9.17, 15) is 18.0 Å². The van der Waals surface area contributed by atoms with Gasteiger partial charge >= 0.3 is 12.3 Å². The van der Waals surface area contributed by atoms with Crippen molar-refractivity contribution >= 4 is 17.5 Å². The summed E-state index contributed by atoms with van der Waals surface area (Å²) in [6.45, 7) is 4.07. The molecule has 2 aliphatic heterocycles. The van der Waals surface area contributed by atoms with Gasteiger partial charge in [-0.25, -0.2) is 4.79 Å². The van der Waals surface area contributed by atoms with Crippen molar-refractivity contribution in [1.29, 1.82) is 0 Å². The van der Waals surface area contributed by atoms with Crippen LogP contribution in [0.1, 0.15) is 43.1 Å². The number of nitrogens with one attached hydrogen (secondary N) is 1. The first kappa shape index (κ1) is 28.8. The fraction of sp³-hybridized carbons (Fsp3) is 0.481. The van der Waals surface area contributed by atoms with Crippen molar-refractivity contribution in [3.63, 3.8) is 0 Å². The number of carbonyl (C=O) groups excluding carboxylic acids is 1. The molecule has 0 bridgehead atoms. The molecule has 2 heterocycles. The fourth-order valence-corrected chi connectivity index (χ4v) is 4.64. The number of oxime groups is 1. The number of hydrogen-bond donors (Lipinski definition) is 1. The standard InChI is InChI=1S/C27H31F3N2O7/c1-5-36-23-22(34-3)15(2)37-25(24(23)35-4)38-26(33)31-19-12-8-16(9-13-19)20-14-21(39-32-20)17-6-10-18(11-7-17)27(28,29)30/h6-13,15,21-25H,5,14H2,1-4H3,(H,31,33)/t15-,21?,22-,23+,24+,25+/m0/s1. The highest BCUT2D eigenvalue weighted by Crippen LogP contribution is 2.34. The van der Waals surface area contributed by atoms with E-state index in [1.807, 2.05) is 6.92 Å². The second kappa shape index (κ2) is 12.3. The van der Waals surface area contributed by atoms with Gasteiger partial charge in [0, 0.05) is 32.9 Å². The lowest BCUT2D eigenvalue weighted by Gasteiger charge is -2.43. The van der Waals surface area contributed by atoms with E-state index in [0.717, 1.165) is 17.7 Å². The number of nitrogens with zero attached hydrogens (tertiary/aromatic N) is 1. The highest BCUT2D eigenvalue weighted by Gasteiger charge is 2.47. The first-order valence-electron chi connectivity index (χ1n) is 12.4. The maximum atomic E-state index is 12.8. The molecule has 2 aliphatic rings. The molecule has 0 aromatic heterocycles. The topological polar surface area (TPSA) is 96.8 Å². The first-order chi connectivity index (χ1) is 18.6. The number of ether oxygens (including phenoxy) is 5. The summed E-state index contributed by atoms with van der Waals surface area (Å²) < 4.78 is 66.6. The zero-order chi connectivity index (χ0) is 28.2. The monoisotopic (exact) mass is 552 g/mol. The average Bonchev–Trinajstić information content (AvgIpc) is 3.39. The van der Waals surface area contributed by atoms with E-state index in [4.69, 9.17) is 28.5 Å². The molecule has 2 aromatic carbocycles. The second-order valence-electron chi connectivity index (χ2n) is 9.09. The first-order valence-corrected chi connectivity index (χ1v) is 12.4. The van der Waals surface area contributed by atoms with E-state index in [1.165, 1.54) is 19.2 Å². The van der Waals surface area contributed by atoms with Gasteiger partial charge in [-0.1, -0.05) is 29.4 Å². The summed E-state index contributed by atoms with van der Waals surface area (Å²) in [5, 5.41) is 6.75. The van der Waals surface area contributed by atoms with Crippen molar-refractivity contribution in [2.75, 3.05) is 26.1 Å². The third-order valence-electron chi connectivity index (χ3n) is 6.60. The highest BCUT2D eigenvalue weighted by atomic mass is 19.4. The summed E-state index contributed by atoms with van der Waals surface area (Å²) in [6, 6.07) is 11.7. The maximum Gasteiger partial charge on any atom is 0.416 e. The Morgan fingerprint density at radius 3 is 2.28 bits per heavy atom. The molecule has 4 rings (SSSR count). The number of halogens is 3. The Balaban J connectivity index is 1.33. The third-order valence-corrected chi connectivity index (χ3v) is 6.60. The predicted molar refractivity (Wildman–Crippen MR) is 134 cm³/mol. The minimum Gasteiger partial charge on any atom is -0.416 e. The Morgan fingerprint density at radius 2 is 1.69 bits per heavy atom. The number of anilines is 1. The largest absolute Gasteiger partial charge is 0.416 e. The molecule has 0 saturated carbocycles. The van der Waals surface area contributed by atoms with Gasteiger partial charge in [-0.2, -0.15) is 13.2 Å². The molecule has 39 heavy (non-hydrogen) atoms. The molecule has 0 radical (unpaired) electrons. The van der Waals surface area contributed by atoms with Crippen LogP contribution in [0.2, 0.25) is 0 Å². The average molecular weight is 553 g/mol. The molecule has 0 spiro atoms. The number of alkyl halides is 3. The summed E-state index contributed by atoms with van der Waals surface area (Å²) in [5.74, 6) is 0. The molecule has 12 heteroatoms. The zero-order valence-electron chi connectivity index (χ0n) is 21.9. The van der Waals surface area contributed by atoms with E-state index in [2.05, 4.69) is 10.5 Å². The molecular weight excluding hydrogens is 521 g/mol. The molecule has 6 atom stereocenters. The van der Waals surface area contributed by atoms with Gasteiger partial charge in [0.1, 0.15) is 18.3 Å². The molecule has 0 aliphatic carbocycles. The third kappa shape index (κ3) is 6.70. The summed E-state index contributed by atoms with van der Waals surface area (Å²) in [6.07, 6.45) is -8.24. The summed E-state index contributed by atoms with van der Waals surface area (Å²) in [4.78, 5) is 18.1. The molecule has 9 nitrogen and oxygen atoms in total. The number of rotatable bonds is 8. The van der Waals surface area contributed by atoms with Crippen molar-refractivity contribution in [3.8, 4) is 0 Å². The van der Waals surface area contributed by atoms with Gasteiger partial charge in [0.05, 0.1) is 17.4 Å². The number of methoxy groups -OCH3 is 2. The summed E-state index contributed by atoms with van der Waals surface area (Å²) in [5.41, 5.74) is 1.73. The van der Waals surface area contributed by atoms with Gasteiger partial charge in [-0.3, -0.25) is 5.32 Å². The van der Waals surface area contributed by atoms with E-state index in [0.29, 0.717) is 30.0 Å². The van der Waals surface area contributed by atoms with Crippen molar-refractivity contribution in [2.24, 2.45) is 5.16 Å². The van der Waals surface area contributed by atoms with Crippen LogP contribution in [0.5, 0.6) is 0 Å². The summed E-state index contributed by atoms with van der Waals surface area (Å²) in [7, 11) is 3.03. The van der Waals surface area contributed by atoms with E-state index in [1.54, 1.807) is 38.3 Å². The van der Waals surface area contributed by atoms with Crippen LogP contribution in [0.25, 0.3) is 0 Å². The van der Waals surface area contributed by atoms with Gasteiger partial charge < -0.3 is 28.5 Å². The lowest BCUT2D eigenvalue weighted by Crippen LogP contribution is -2.60. The van der Waals surface area contributed by atoms with Crippen LogP contribution in [-0.4, -0.2) is 63.3 Å². The minimum atomic E-state index is -4.40. The van der Waals surface area contributed by atoms with Gasteiger partial charge in [0.15, 0.2) is 6.10 Å². The lowest BCUT2D eigenvalue weighted by atomic mass is 9.99. The maximum absolute atomic E-state index is 12.8. The Labute approximate surface area is 224 Å². The van der Waals surface area contributed by atoms with Crippen LogP contribution in [-0.2, 0) is 34.7 Å². The molecule has 1 amide bonds. The van der Waals surface area contributed by atoms with Crippen LogP contribution in [0.15, 0.2) is 53.7 Å². The SMILES string of the molecule is CCO[C@@H]1[C@@H](OC)[C@H](C)O[C@H](OC(=O)Nc2ccc(C3=NOC(c4ccc(C(F)(F)F)cc4)C3)cc2)[C@@H]1OC. The number of carbonyl (C=O) groups is 1. The van der Waals surface area contributed by atoms with Gasteiger partial charge in [0.25, 0.3) is 0 Å². The van der Waals surface area contributed by atoms with Crippen molar-refractivity contribution in [2.45, 2.75) is 63.3 Å². The Kier molecular flexibility index (Phi) is 9.11. The normalized spacial score (nSPS) is 27.0. The quantitative estimate of drug-likeness (QED) is 0.475. The highest BCUT2D eigenvalue weighted by molar-refractivity contribution is 6.01.